The van der Waals surface area contributed by atoms with Gasteiger partial charge in [-0.25, -0.2) is 0 Å². The summed E-state index contributed by atoms with van der Waals surface area (Å²) in [5, 5.41) is 2.31. The quantitative estimate of drug-likeness (QED) is 0.501. The lowest BCUT2D eigenvalue weighted by Crippen LogP contribution is -2.33. The predicted molar refractivity (Wildman–Crippen MR) is 109 cm³/mol. The zero-order valence-corrected chi connectivity index (χ0v) is 16.2. The number of carbonyl (C=O) groups excluding carboxylic acids is 3. The van der Waals surface area contributed by atoms with E-state index in [1.165, 1.54) is 11.3 Å². The highest BCUT2D eigenvalue weighted by Gasteiger charge is 2.36. The Morgan fingerprint density at radius 1 is 1.22 bits per heavy atom. The van der Waals surface area contributed by atoms with Gasteiger partial charge in [0.15, 0.2) is 5.78 Å². The van der Waals surface area contributed by atoms with Crippen molar-refractivity contribution in [3.05, 3.63) is 62.8 Å². The van der Waals surface area contributed by atoms with Gasteiger partial charge in [-0.1, -0.05) is 31.2 Å². The van der Waals surface area contributed by atoms with E-state index in [-0.39, 0.29) is 12.3 Å². The van der Waals surface area contributed by atoms with E-state index >= 15 is 0 Å². The topological polar surface area (TPSA) is 70.2 Å². The molecule has 2 amide bonds. The lowest BCUT2D eigenvalue weighted by Gasteiger charge is -2.11. The molecule has 0 spiro atoms. The number of imide groups is 1. The summed E-state index contributed by atoms with van der Waals surface area (Å²) in [6, 6.07) is 9.56. The molecule has 1 fully saturated rings. The Morgan fingerprint density at radius 3 is 2.81 bits per heavy atom. The molecule has 0 atom stereocenters. The van der Waals surface area contributed by atoms with Gasteiger partial charge in [-0.15, -0.1) is 11.3 Å². The summed E-state index contributed by atoms with van der Waals surface area (Å²) in [5.74, 6) is -0.671. The Labute approximate surface area is 164 Å². The van der Waals surface area contributed by atoms with Crippen molar-refractivity contribution in [3.8, 4) is 0 Å². The molecular weight excluding hydrogens is 380 g/mol. The van der Waals surface area contributed by atoms with Crippen molar-refractivity contribution < 1.29 is 14.4 Å². The molecule has 1 saturated heterocycles. The molecule has 7 heteroatoms. The summed E-state index contributed by atoms with van der Waals surface area (Å²) in [6.07, 6.45) is 4.20. The third-order valence-electron chi connectivity index (χ3n) is 4.47. The number of thioether (sulfide) groups is 1. The summed E-state index contributed by atoms with van der Waals surface area (Å²) in [5.41, 5.74) is 2.55. The van der Waals surface area contributed by atoms with Gasteiger partial charge in [-0.3, -0.25) is 19.3 Å². The summed E-state index contributed by atoms with van der Waals surface area (Å²) in [7, 11) is 0. The zero-order chi connectivity index (χ0) is 19.0. The molecule has 0 aliphatic carbocycles. The number of rotatable bonds is 5. The molecule has 1 aliphatic rings. The van der Waals surface area contributed by atoms with Crippen LogP contribution in [0.3, 0.4) is 0 Å². The fourth-order valence-corrected chi connectivity index (χ4v) is 4.67. The second-order valence-electron chi connectivity index (χ2n) is 6.10. The first-order valence-corrected chi connectivity index (χ1v) is 10.2. The van der Waals surface area contributed by atoms with Gasteiger partial charge < -0.3 is 4.98 Å². The van der Waals surface area contributed by atoms with E-state index in [0.29, 0.717) is 10.5 Å². The Bertz CT molecular complexity index is 1080. The van der Waals surface area contributed by atoms with Crippen LogP contribution in [0.4, 0.5) is 4.79 Å². The number of aryl methyl sites for hydroxylation is 1. The predicted octanol–water partition coefficient (Wildman–Crippen LogP) is 4.71. The summed E-state index contributed by atoms with van der Waals surface area (Å²) < 4.78 is 0. The highest BCUT2D eigenvalue weighted by molar-refractivity contribution is 8.18. The maximum Gasteiger partial charge on any atom is 0.293 e. The molecular formula is C20H16N2O3S2. The number of nitrogens with one attached hydrogen (secondary N) is 1. The number of amides is 2. The average molecular weight is 396 g/mol. The van der Waals surface area contributed by atoms with Crippen LogP contribution in [-0.4, -0.2) is 33.4 Å². The van der Waals surface area contributed by atoms with Crippen LogP contribution in [-0.2, 0) is 11.2 Å². The van der Waals surface area contributed by atoms with Gasteiger partial charge in [0.2, 0.25) is 0 Å². The maximum absolute atomic E-state index is 12.8. The highest BCUT2D eigenvalue weighted by Crippen LogP contribution is 2.33. The smallest absolute Gasteiger partial charge is 0.293 e. The number of ketones is 1. The first-order valence-electron chi connectivity index (χ1n) is 8.49. The number of aromatic amines is 1. The van der Waals surface area contributed by atoms with Crippen molar-refractivity contribution in [2.24, 2.45) is 0 Å². The molecule has 27 heavy (non-hydrogen) atoms. The number of fused-ring (bicyclic) bond motifs is 1. The van der Waals surface area contributed by atoms with Crippen molar-refractivity contribution in [1.29, 1.82) is 0 Å². The lowest BCUT2D eigenvalue weighted by molar-refractivity contribution is -0.122. The number of benzene rings is 1. The van der Waals surface area contributed by atoms with E-state index in [1.54, 1.807) is 12.3 Å². The first-order chi connectivity index (χ1) is 13.1. The third-order valence-corrected chi connectivity index (χ3v) is 6.20. The van der Waals surface area contributed by atoms with Gasteiger partial charge in [0.05, 0.1) is 11.4 Å². The Morgan fingerprint density at radius 2 is 2.07 bits per heavy atom. The molecule has 0 radical (unpaired) electrons. The molecule has 2 aromatic heterocycles. The summed E-state index contributed by atoms with van der Waals surface area (Å²) in [6.45, 7) is 1.80. The van der Waals surface area contributed by atoms with Crippen LogP contribution in [0.25, 0.3) is 17.0 Å². The largest absolute Gasteiger partial charge is 0.360 e. The van der Waals surface area contributed by atoms with E-state index < -0.39 is 11.1 Å². The van der Waals surface area contributed by atoms with Crippen LogP contribution in [0.2, 0.25) is 0 Å². The lowest BCUT2D eigenvalue weighted by atomic mass is 10.0. The van der Waals surface area contributed by atoms with Crippen LogP contribution in [0.5, 0.6) is 0 Å². The number of hydrogen-bond donors (Lipinski definition) is 1. The number of para-hydroxylation sites is 1. The van der Waals surface area contributed by atoms with Crippen LogP contribution in [0, 0.1) is 0 Å². The average Bonchev–Trinajstić information content (AvgIpc) is 3.38. The number of hydrogen-bond acceptors (Lipinski definition) is 5. The SMILES string of the molecule is CCc1cccc2c(C(=O)CN3C(=O)S/C(=C\c4cccs4)C3=O)c[nH]c12. The van der Waals surface area contributed by atoms with Gasteiger partial charge in [-0.2, -0.15) is 0 Å². The minimum absolute atomic E-state index is 0.254. The Kier molecular flexibility index (Phi) is 4.72. The van der Waals surface area contributed by atoms with Crippen LogP contribution in [0.15, 0.2) is 46.8 Å². The van der Waals surface area contributed by atoms with Crippen molar-refractivity contribution in [3.63, 3.8) is 0 Å². The van der Waals surface area contributed by atoms with Gasteiger partial charge in [0, 0.05) is 27.5 Å². The number of thiophene rings is 1. The van der Waals surface area contributed by atoms with Crippen molar-refractivity contribution in [2.75, 3.05) is 6.54 Å². The van der Waals surface area contributed by atoms with Gasteiger partial charge in [0.1, 0.15) is 0 Å². The van der Waals surface area contributed by atoms with Crippen molar-refractivity contribution in [2.45, 2.75) is 13.3 Å². The number of aromatic nitrogens is 1. The molecule has 1 N–H and O–H groups in total. The van der Waals surface area contributed by atoms with Crippen LogP contribution >= 0.6 is 23.1 Å². The molecule has 0 bridgehead atoms. The van der Waals surface area contributed by atoms with Crippen molar-refractivity contribution in [1.82, 2.24) is 9.88 Å². The molecule has 4 rings (SSSR count). The first kappa shape index (κ1) is 17.8. The van der Waals surface area contributed by atoms with Gasteiger partial charge >= 0.3 is 0 Å². The fraction of sp³-hybridized carbons (Fsp3) is 0.150. The fourth-order valence-electron chi connectivity index (χ4n) is 3.11. The van der Waals surface area contributed by atoms with E-state index in [9.17, 15) is 14.4 Å². The highest BCUT2D eigenvalue weighted by atomic mass is 32.2. The molecule has 1 aromatic carbocycles. The van der Waals surface area contributed by atoms with Gasteiger partial charge in [-0.05, 0) is 41.3 Å². The minimum atomic E-state index is -0.416. The molecule has 3 aromatic rings. The molecule has 0 unspecified atom stereocenters. The van der Waals surface area contributed by atoms with Gasteiger partial charge in [0.25, 0.3) is 11.1 Å². The second-order valence-corrected chi connectivity index (χ2v) is 8.07. The Hall–Kier alpha value is -2.64. The molecule has 136 valence electrons. The minimum Gasteiger partial charge on any atom is -0.360 e. The molecule has 0 saturated carbocycles. The van der Waals surface area contributed by atoms with E-state index in [2.05, 4.69) is 11.9 Å². The van der Waals surface area contributed by atoms with Crippen LogP contribution in [0.1, 0.15) is 27.7 Å². The second kappa shape index (κ2) is 7.17. The maximum atomic E-state index is 12.8. The van der Waals surface area contributed by atoms with E-state index in [1.807, 2.05) is 35.7 Å². The van der Waals surface area contributed by atoms with Crippen LogP contribution < -0.4 is 0 Å². The van der Waals surface area contributed by atoms with Crippen molar-refractivity contribution >= 4 is 57.0 Å². The number of carbonyl (C=O) groups is 3. The Balaban J connectivity index is 1.58. The summed E-state index contributed by atoms with van der Waals surface area (Å²) >= 11 is 2.36. The standard InChI is InChI=1S/C20H16N2O3S2/c1-2-12-5-3-7-14-15(10-21-18(12)14)16(23)11-22-19(24)17(27-20(22)25)9-13-6-4-8-26-13/h3-10,21H,2,11H2,1H3/b17-9-. The van der Waals surface area contributed by atoms with E-state index in [4.69, 9.17) is 0 Å². The molecule has 1 aliphatic heterocycles. The molecule has 5 nitrogen and oxygen atoms in total. The monoisotopic (exact) mass is 396 g/mol. The normalized spacial score (nSPS) is 16.0. The number of nitrogens with zero attached hydrogens (tertiary/aromatic N) is 1. The zero-order valence-electron chi connectivity index (χ0n) is 14.5. The van der Waals surface area contributed by atoms with E-state index in [0.717, 1.165) is 44.4 Å². The summed E-state index contributed by atoms with van der Waals surface area (Å²) in [4.78, 5) is 43.1. The number of H-pyrrole nitrogens is 1. The third kappa shape index (κ3) is 3.24. The number of Topliss-reactive ketones (excluding diaryl/α,β-unsaturated/α-hetero) is 1. The molecule has 3 heterocycles.